The fourth-order valence-corrected chi connectivity index (χ4v) is 3.13. The van der Waals surface area contributed by atoms with Crippen LogP contribution in [0.15, 0.2) is 21.5 Å². The van der Waals surface area contributed by atoms with Gasteiger partial charge < -0.3 is 4.90 Å². The van der Waals surface area contributed by atoms with Gasteiger partial charge in [0, 0.05) is 28.2 Å². The lowest BCUT2D eigenvalue weighted by atomic mass is 10.2. The van der Waals surface area contributed by atoms with Gasteiger partial charge in [-0.15, -0.1) is 0 Å². The van der Waals surface area contributed by atoms with Gasteiger partial charge in [0.2, 0.25) is 0 Å². The van der Waals surface area contributed by atoms with Gasteiger partial charge in [0.05, 0.1) is 15.5 Å². The van der Waals surface area contributed by atoms with Crippen LogP contribution in [0.25, 0.3) is 0 Å². The Morgan fingerprint density at radius 3 is 2.26 bits per heavy atom. The van der Waals surface area contributed by atoms with E-state index in [4.69, 9.17) is 22.3 Å². The Labute approximate surface area is 130 Å². The molecule has 106 valence electrons. The largest absolute Gasteiger partial charge is 0.339 e. The molecular formula is C11H12BrCl2NO3S. The molecule has 0 fully saturated rings. The van der Waals surface area contributed by atoms with Gasteiger partial charge in [-0.25, -0.2) is 8.42 Å². The molecule has 0 bridgehead atoms. The molecule has 0 aliphatic rings. The second kappa shape index (κ2) is 6.43. The van der Waals surface area contributed by atoms with Crippen LogP contribution >= 0.6 is 38.2 Å². The predicted molar refractivity (Wildman–Crippen MR) is 79.4 cm³/mol. The van der Waals surface area contributed by atoms with Gasteiger partial charge in [-0.05, 0) is 41.9 Å². The number of hydrogen-bond donors (Lipinski definition) is 0. The van der Waals surface area contributed by atoms with Crippen LogP contribution in [0.1, 0.15) is 24.2 Å². The van der Waals surface area contributed by atoms with Crippen molar-refractivity contribution in [3.05, 3.63) is 27.2 Å². The lowest BCUT2D eigenvalue weighted by Crippen LogP contribution is -2.30. The Hall–Kier alpha value is -0.300. The molecule has 0 heterocycles. The summed E-state index contributed by atoms with van der Waals surface area (Å²) in [5.74, 6) is -0.335. The topological polar surface area (TPSA) is 54.5 Å². The number of rotatable bonds is 4. The number of carbonyl (C=O) groups excluding carboxylic acids is 1. The van der Waals surface area contributed by atoms with Crippen LogP contribution in [-0.2, 0) is 9.05 Å². The zero-order valence-electron chi connectivity index (χ0n) is 10.3. The summed E-state index contributed by atoms with van der Waals surface area (Å²) in [6.45, 7) is 4.65. The molecule has 0 unspecified atom stereocenters. The van der Waals surface area contributed by atoms with Gasteiger partial charge in [0.25, 0.3) is 15.0 Å². The second-order valence-corrected chi connectivity index (χ2v) is 7.48. The van der Waals surface area contributed by atoms with Crippen molar-refractivity contribution in [2.24, 2.45) is 0 Å². The van der Waals surface area contributed by atoms with E-state index in [1.807, 2.05) is 13.8 Å². The molecule has 0 saturated heterocycles. The van der Waals surface area contributed by atoms with E-state index in [2.05, 4.69) is 15.9 Å². The highest BCUT2D eigenvalue weighted by molar-refractivity contribution is 9.10. The number of hydrogen-bond acceptors (Lipinski definition) is 3. The Balaban J connectivity index is 3.43. The molecule has 1 amide bonds. The standard InChI is InChI=1S/C11H12BrCl2NO3S/c1-3-15(4-2)11(16)8-5-7(19(14,17)18)6-9(12)10(8)13/h5-6H,3-4H2,1-2H3. The van der Waals surface area contributed by atoms with Gasteiger partial charge >= 0.3 is 0 Å². The van der Waals surface area contributed by atoms with Crippen molar-refractivity contribution in [1.29, 1.82) is 0 Å². The van der Waals surface area contributed by atoms with Gasteiger partial charge in [0.1, 0.15) is 0 Å². The summed E-state index contributed by atoms with van der Waals surface area (Å²) >= 11 is 9.16. The van der Waals surface area contributed by atoms with Crippen LogP contribution in [0.4, 0.5) is 0 Å². The zero-order valence-corrected chi connectivity index (χ0v) is 14.2. The Bertz CT molecular complexity index is 600. The monoisotopic (exact) mass is 387 g/mol. The maximum Gasteiger partial charge on any atom is 0.261 e. The first-order valence-corrected chi connectivity index (χ1v) is 8.93. The summed E-state index contributed by atoms with van der Waals surface area (Å²) in [4.78, 5) is 13.6. The average Bonchev–Trinajstić information content (AvgIpc) is 2.32. The maximum absolute atomic E-state index is 12.2. The van der Waals surface area contributed by atoms with Crippen molar-refractivity contribution in [3.8, 4) is 0 Å². The molecule has 1 aromatic rings. The van der Waals surface area contributed by atoms with E-state index >= 15 is 0 Å². The predicted octanol–water partition coefficient (Wildman–Crippen LogP) is 3.51. The van der Waals surface area contributed by atoms with Crippen molar-refractivity contribution in [2.45, 2.75) is 18.7 Å². The zero-order chi connectivity index (χ0) is 14.8. The highest BCUT2D eigenvalue weighted by atomic mass is 79.9. The van der Waals surface area contributed by atoms with Crippen LogP contribution in [0.3, 0.4) is 0 Å². The number of halogens is 3. The van der Waals surface area contributed by atoms with E-state index in [1.165, 1.54) is 17.0 Å². The molecule has 0 spiro atoms. The Morgan fingerprint density at radius 1 is 1.32 bits per heavy atom. The molecule has 0 aliphatic carbocycles. The molecule has 0 radical (unpaired) electrons. The van der Waals surface area contributed by atoms with Crippen LogP contribution in [-0.4, -0.2) is 32.3 Å². The minimum absolute atomic E-state index is 0.110. The first kappa shape index (κ1) is 16.8. The third-order valence-electron chi connectivity index (χ3n) is 2.56. The molecule has 0 saturated carbocycles. The molecule has 19 heavy (non-hydrogen) atoms. The van der Waals surface area contributed by atoms with E-state index in [1.54, 1.807) is 0 Å². The van der Waals surface area contributed by atoms with Crippen molar-refractivity contribution in [3.63, 3.8) is 0 Å². The summed E-state index contributed by atoms with van der Waals surface area (Å²) in [5, 5.41) is 0.168. The van der Waals surface area contributed by atoms with Gasteiger partial charge in [0.15, 0.2) is 0 Å². The van der Waals surface area contributed by atoms with Crippen molar-refractivity contribution in [2.75, 3.05) is 13.1 Å². The van der Waals surface area contributed by atoms with E-state index in [-0.39, 0.29) is 21.4 Å². The summed E-state index contributed by atoms with van der Waals surface area (Å²) in [7, 11) is 1.37. The summed E-state index contributed by atoms with van der Waals surface area (Å²) in [6, 6.07) is 2.46. The maximum atomic E-state index is 12.2. The second-order valence-electron chi connectivity index (χ2n) is 3.68. The highest BCUT2D eigenvalue weighted by Crippen LogP contribution is 2.31. The lowest BCUT2D eigenvalue weighted by molar-refractivity contribution is 0.0773. The number of nitrogens with zero attached hydrogens (tertiary/aromatic N) is 1. The van der Waals surface area contributed by atoms with E-state index in [0.29, 0.717) is 17.6 Å². The summed E-state index contributed by atoms with van der Waals surface area (Å²) in [6.07, 6.45) is 0. The molecule has 4 nitrogen and oxygen atoms in total. The molecule has 0 atom stereocenters. The summed E-state index contributed by atoms with van der Waals surface area (Å²) in [5.41, 5.74) is 0.110. The van der Waals surface area contributed by atoms with Crippen molar-refractivity contribution in [1.82, 2.24) is 4.90 Å². The first-order chi connectivity index (χ1) is 8.72. The molecule has 0 aliphatic heterocycles. The van der Waals surface area contributed by atoms with Crippen LogP contribution in [0.2, 0.25) is 5.02 Å². The first-order valence-electron chi connectivity index (χ1n) is 5.45. The Morgan fingerprint density at radius 2 is 1.84 bits per heavy atom. The fraction of sp³-hybridized carbons (Fsp3) is 0.364. The number of amides is 1. The third kappa shape index (κ3) is 3.84. The van der Waals surface area contributed by atoms with Gasteiger partial charge in [-0.1, -0.05) is 11.6 Å². The molecular weight excluding hydrogens is 377 g/mol. The van der Waals surface area contributed by atoms with E-state index in [9.17, 15) is 13.2 Å². The fourth-order valence-electron chi connectivity index (χ4n) is 1.54. The lowest BCUT2D eigenvalue weighted by Gasteiger charge is -2.20. The third-order valence-corrected chi connectivity index (χ3v) is 5.16. The molecule has 1 aromatic carbocycles. The van der Waals surface area contributed by atoms with Crippen LogP contribution in [0.5, 0.6) is 0 Å². The van der Waals surface area contributed by atoms with Crippen molar-refractivity contribution >= 4 is 53.2 Å². The number of carbonyl (C=O) groups is 1. The van der Waals surface area contributed by atoms with Crippen LogP contribution < -0.4 is 0 Å². The molecule has 0 aromatic heterocycles. The number of benzene rings is 1. The van der Waals surface area contributed by atoms with E-state index in [0.717, 1.165) is 0 Å². The highest BCUT2D eigenvalue weighted by Gasteiger charge is 2.22. The van der Waals surface area contributed by atoms with Crippen molar-refractivity contribution < 1.29 is 13.2 Å². The van der Waals surface area contributed by atoms with Gasteiger partial charge in [-0.3, -0.25) is 4.79 Å². The quantitative estimate of drug-likeness (QED) is 0.741. The normalized spacial score (nSPS) is 11.4. The summed E-state index contributed by atoms with van der Waals surface area (Å²) < 4.78 is 23.0. The van der Waals surface area contributed by atoms with E-state index < -0.39 is 9.05 Å². The molecule has 1 rings (SSSR count). The average molecular weight is 389 g/mol. The molecule has 8 heteroatoms. The minimum atomic E-state index is -3.92. The van der Waals surface area contributed by atoms with Gasteiger partial charge in [-0.2, -0.15) is 0 Å². The molecule has 0 N–H and O–H groups in total. The Kier molecular flexibility index (Phi) is 5.67. The van der Waals surface area contributed by atoms with Crippen LogP contribution in [0, 0.1) is 0 Å². The minimum Gasteiger partial charge on any atom is -0.339 e. The smallest absolute Gasteiger partial charge is 0.261 e. The SMILES string of the molecule is CCN(CC)C(=O)c1cc(S(=O)(=O)Cl)cc(Br)c1Cl.